The Balaban J connectivity index is 1.88. The lowest BCUT2D eigenvalue weighted by Crippen LogP contribution is -2.09. The van der Waals surface area contributed by atoms with Gasteiger partial charge in [0.2, 0.25) is 5.91 Å². The van der Waals surface area contributed by atoms with Crippen molar-refractivity contribution in [2.45, 2.75) is 13.0 Å². The largest absolute Gasteiger partial charge is 0.486 e. The molecule has 0 fully saturated rings. The van der Waals surface area contributed by atoms with Crippen molar-refractivity contribution < 1.29 is 9.53 Å². The second-order valence-corrected chi connectivity index (χ2v) is 4.60. The van der Waals surface area contributed by atoms with Crippen LogP contribution in [0.3, 0.4) is 0 Å². The Morgan fingerprint density at radius 1 is 1.42 bits per heavy atom. The zero-order valence-corrected chi connectivity index (χ0v) is 10.8. The molecule has 1 heterocycles. The molecule has 0 aliphatic rings. The van der Waals surface area contributed by atoms with Gasteiger partial charge >= 0.3 is 0 Å². The Morgan fingerprint density at radius 2 is 2.21 bits per heavy atom. The van der Waals surface area contributed by atoms with E-state index in [1.807, 2.05) is 5.38 Å². The zero-order chi connectivity index (χ0) is 13.5. The van der Waals surface area contributed by atoms with Crippen molar-refractivity contribution in [3.63, 3.8) is 0 Å². The summed E-state index contributed by atoms with van der Waals surface area (Å²) in [5.41, 5.74) is 0.641. The SMILES string of the molecule is N#CCC(=O)Nc1ccc(OCc2nccs2)cc1. The summed E-state index contributed by atoms with van der Waals surface area (Å²) in [6, 6.07) is 8.77. The Bertz CT molecular complexity index is 573. The molecule has 96 valence electrons. The number of amides is 1. The normalized spacial score (nSPS) is 9.63. The minimum absolute atomic E-state index is 0.150. The third-order valence-electron chi connectivity index (χ3n) is 2.22. The molecule has 0 aliphatic carbocycles. The maximum Gasteiger partial charge on any atom is 0.238 e. The summed E-state index contributed by atoms with van der Waals surface area (Å²) < 4.78 is 5.54. The van der Waals surface area contributed by atoms with E-state index in [-0.39, 0.29) is 12.3 Å². The van der Waals surface area contributed by atoms with Gasteiger partial charge in [0.1, 0.15) is 23.8 Å². The number of carbonyl (C=O) groups excluding carboxylic acids is 1. The van der Waals surface area contributed by atoms with Crippen LogP contribution in [0.2, 0.25) is 0 Å². The lowest BCUT2D eigenvalue weighted by molar-refractivity contribution is -0.115. The molecule has 0 saturated heterocycles. The van der Waals surface area contributed by atoms with Gasteiger partial charge in [0.25, 0.3) is 0 Å². The number of benzene rings is 1. The van der Waals surface area contributed by atoms with E-state index < -0.39 is 0 Å². The molecule has 0 unspecified atom stereocenters. The molecule has 1 amide bonds. The second-order valence-electron chi connectivity index (χ2n) is 3.62. The molecule has 0 aliphatic heterocycles. The number of ether oxygens (including phenoxy) is 1. The van der Waals surface area contributed by atoms with Gasteiger partial charge < -0.3 is 10.1 Å². The lowest BCUT2D eigenvalue weighted by Gasteiger charge is -2.06. The van der Waals surface area contributed by atoms with Gasteiger partial charge in [-0.25, -0.2) is 4.98 Å². The number of rotatable bonds is 5. The van der Waals surface area contributed by atoms with Crippen molar-refractivity contribution in [1.29, 1.82) is 5.26 Å². The average molecular weight is 273 g/mol. The van der Waals surface area contributed by atoms with Crippen LogP contribution in [0.15, 0.2) is 35.8 Å². The van der Waals surface area contributed by atoms with Crippen LogP contribution in [0, 0.1) is 11.3 Å². The highest BCUT2D eigenvalue weighted by Crippen LogP contribution is 2.17. The molecule has 1 aromatic carbocycles. The Hall–Kier alpha value is -2.39. The van der Waals surface area contributed by atoms with Crippen molar-refractivity contribution in [3.05, 3.63) is 40.8 Å². The number of hydrogen-bond acceptors (Lipinski definition) is 5. The summed E-state index contributed by atoms with van der Waals surface area (Å²) >= 11 is 1.54. The monoisotopic (exact) mass is 273 g/mol. The maximum atomic E-state index is 11.2. The lowest BCUT2D eigenvalue weighted by atomic mass is 10.3. The molecule has 0 atom stereocenters. The van der Waals surface area contributed by atoms with Gasteiger partial charge in [-0.05, 0) is 24.3 Å². The molecular weight excluding hydrogens is 262 g/mol. The molecule has 1 aromatic heterocycles. The van der Waals surface area contributed by atoms with Crippen LogP contribution in [0.4, 0.5) is 5.69 Å². The van der Waals surface area contributed by atoms with Crippen LogP contribution in [-0.2, 0) is 11.4 Å². The quantitative estimate of drug-likeness (QED) is 0.908. The van der Waals surface area contributed by atoms with Gasteiger partial charge in [0, 0.05) is 17.3 Å². The molecule has 2 aromatic rings. The Labute approximate surface area is 114 Å². The second kappa shape index (κ2) is 6.52. The van der Waals surface area contributed by atoms with E-state index in [0.29, 0.717) is 18.0 Å². The van der Waals surface area contributed by atoms with E-state index in [1.165, 1.54) is 11.3 Å². The number of anilines is 1. The molecule has 5 nitrogen and oxygen atoms in total. The van der Waals surface area contributed by atoms with Gasteiger partial charge in [0.15, 0.2) is 0 Å². The zero-order valence-electron chi connectivity index (χ0n) is 10.00. The average Bonchev–Trinajstić information content (AvgIpc) is 2.91. The maximum absolute atomic E-state index is 11.2. The number of thiazole rings is 1. The first-order valence-corrected chi connectivity index (χ1v) is 6.44. The minimum atomic E-state index is -0.320. The fourth-order valence-electron chi connectivity index (χ4n) is 1.38. The first-order chi connectivity index (χ1) is 9.28. The van der Waals surface area contributed by atoms with Crippen LogP contribution >= 0.6 is 11.3 Å². The van der Waals surface area contributed by atoms with E-state index in [2.05, 4.69) is 10.3 Å². The van der Waals surface area contributed by atoms with Crippen LogP contribution in [0.5, 0.6) is 5.75 Å². The van der Waals surface area contributed by atoms with Gasteiger partial charge in [-0.3, -0.25) is 4.79 Å². The predicted molar refractivity (Wildman–Crippen MR) is 71.7 cm³/mol. The van der Waals surface area contributed by atoms with Crippen molar-refractivity contribution >= 4 is 22.9 Å². The number of nitriles is 1. The third-order valence-corrected chi connectivity index (χ3v) is 2.98. The summed E-state index contributed by atoms with van der Waals surface area (Å²) in [5, 5.41) is 13.8. The summed E-state index contributed by atoms with van der Waals surface area (Å²) in [4.78, 5) is 15.3. The van der Waals surface area contributed by atoms with Gasteiger partial charge in [-0.1, -0.05) is 0 Å². The Morgan fingerprint density at radius 3 is 2.84 bits per heavy atom. The van der Waals surface area contributed by atoms with Crippen molar-refractivity contribution in [2.24, 2.45) is 0 Å². The van der Waals surface area contributed by atoms with Gasteiger partial charge in [-0.2, -0.15) is 5.26 Å². The van der Waals surface area contributed by atoms with E-state index in [9.17, 15) is 4.79 Å². The predicted octanol–water partition coefficient (Wildman–Crippen LogP) is 2.57. The highest BCUT2D eigenvalue weighted by Gasteiger charge is 2.02. The molecule has 0 spiro atoms. The molecule has 2 rings (SSSR count). The van der Waals surface area contributed by atoms with Gasteiger partial charge in [-0.15, -0.1) is 11.3 Å². The van der Waals surface area contributed by atoms with Crippen LogP contribution in [0.25, 0.3) is 0 Å². The summed E-state index contributed by atoms with van der Waals surface area (Å²) in [6.07, 6.45) is 1.58. The van der Waals surface area contributed by atoms with Crippen molar-refractivity contribution in [1.82, 2.24) is 4.98 Å². The van der Waals surface area contributed by atoms with E-state index in [1.54, 1.807) is 36.5 Å². The molecule has 6 heteroatoms. The number of aromatic nitrogens is 1. The minimum Gasteiger partial charge on any atom is -0.486 e. The topological polar surface area (TPSA) is 75.0 Å². The molecule has 0 saturated carbocycles. The van der Waals surface area contributed by atoms with Crippen LogP contribution in [0.1, 0.15) is 11.4 Å². The number of hydrogen-bond donors (Lipinski definition) is 1. The van der Waals surface area contributed by atoms with E-state index in [0.717, 1.165) is 5.01 Å². The summed E-state index contributed by atoms with van der Waals surface area (Å²) in [6.45, 7) is 0.428. The smallest absolute Gasteiger partial charge is 0.238 e. The number of carbonyl (C=O) groups is 1. The number of nitrogens with zero attached hydrogens (tertiary/aromatic N) is 2. The highest BCUT2D eigenvalue weighted by molar-refractivity contribution is 7.09. The van der Waals surface area contributed by atoms with Crippen LogP contribution in [-0.4, -0.2) is 10.9 Å². The Kier molecular flexibility index (Phi) is 4.48. The summed E-state index contributed by atoms with van der Waals surface area (Å²) in [5.74, 6) is 0.382. The third kappa shape index (κ3) is 4.08. The fourth-order valence-corrected chi connectivity index (χ4v) is 1.91. The highest BCUT2D eigenvalue weighted by atomic mass is 32.1. The standard InChI is InChI=1S/C13H11N3O2S/c14-6-5-12(17)16-10-1-3-11(4-2-10)18-9-13-15-7-8-19-13/h1-4,7-8H,5,9H2,(H,16,17). The summed E-state index contributed by atoms with van der Waals surface area (Å²) in [7, 11) is 0. The number of nitrogens with one attached hydrogen (secondary N) is 1. The van der Waals surface area contributed by atoms with Crippen LogP contribution < -0.4 is 10.1 Å². The van der Waals surface area contributed by atoms with E-state index >= 15 is 0 Å². The molecular formula is C13H11N3O2S. The first-order valence-electron chi connectivity index (χ1n) is 5.56. The molecule has 0 bridgehead atoms. The van der Waals surface area contributed by atoms with Crippen molar-refractivity contribution in [3.8, 4) is 11.8 Å². The first kappa shape index (κ1) is 13.1. The molecule has 0 radical (unpaired) electrons. The molecule has 19 heavy (non-hydrogen) atoms. The molecule has 1 N–H and O–H groups in total. The van der Waals surface area contributed by atoms with Crippen molar-refractivity contribution in [2.75, 3.05) is 5.32 Å². The van der Waals surface area contributed by atoms with E-state index in [4.69, 9.17) is 10.00 Å². The fraction of sp³-hybridized carbons (Fsp3) is 0.154. The van der Waals surface area contributed by atoms with Gasteiger partial charge in [0.05, 0.1) is 6.07 Å².